The summed E-state index contributed by atoms with van der Waals surface area (Å²) in [5.41, 5.74) is 7.22. The van der Waals surface area contributed by atoms with Gasteiger partial charge in [0, 0.05) is 18.1 Å². The number of hydrogen-bond acceptors (Lipinski definition) is 4. The average Bonchev–Trinajstić information content (AvgIpc) is 3.33. The minimum absolute atomic E-state index is 0.153. The molecule has 0 aromatic heterocycles. The Kier molecular flexibility index (Phi) is 5.64. The van der Waals surface area contributed by atoms with E-state index in [9.17, 15) is 8.42 Å². The third-order valence-electron chi connectivity index (χ3n) is 5.32. The Morgan fingerprint density at radius 2 is 1.78 bits per heavy atom. The van der Waals surface area contributed by atoms with Crippen LogP contribution >= 0.6 is 23.8 Å². The van der Waals surface area contributed by atoms with Crippen molar-refractivity contribution in [2.24, 2.45) is 11.1 Å². The number of hydrogen-bond donors (Lipinski definition) is 1. The molecule has 0 bridgehead atoms. The summed E-state index contributed by atoms with van der Waals surface area (Å²) in [6.07, 6.45) is 0.913. The van der Waals surface area contributed by atoms with E-state index >= 15 is 0 Å². The first-order chi connectivity index (χ1) is 12.8. The van der Waals surface area contributed by atoms with Crippen LogP contribution in [0, 0.1) is 5.41 Å². The maximum Gasteiger partial charge on any atom is 0.182 e. The summed E-state index contributed by atoms with van der Waals surface area (Å²) < 4.78 is 32.1. The van der Waals surface area contributed by atoms with Crippen LogP contribution in [0.5, 0.6) is 0 Å². The minimum atomic E-state index is -3.68. The molecule has 2 aromatic carbocycles. The molecule has 3 rings (SSSR count). The quantitative estimate of drug-likeness (QED) is 0.686. The van der Waals surface area contributed by atoms with Crippen molar-refractivity contribution in [1.29, 1.82) is 0 Å². The second-order valence-corrected chi connectivity index (χ2v) is 9.78. The minimum Gasteiger partial charge on any atom is -0.393 e. The summed E-state index contributed by atoms with van der Waals surface area (Å²) in [5.74, 6) is -0.346. The van der Waals surface area contributed by atoms with Gasteiger partial charge in [-0.1, -0.05) is 55.0 Å². The van der Waals surface area contributed by atoms with Crippen molar-refractivity contribution in [1.82, 2.24) is 0 Å². The van der Waals surface area contributed by atoms with Gasteiger partial charge in [0.1, 0.15) is 0 Å². The fourth-order valence-corrected chi connectivity index (χ4v) is 6.74. The maximum absolute atomic E-state index is 13.4. The highest BCUT2D eigenvalue weighted by atomic mass is 35.5. The van der Waals surface area contributed by atoms with Crippen LogP contribution in [0.4, 0.5) is 0 Å². The van der Waals surface area contributed by atoms with Gasteiger partial charge in [-0.3, -0.25) is 0 Å². The molecule has 2 aromatic rings. The van der Waals surface area contributed by atoms with Crippen molar-refractivity contribution in [2.75, 3.05) is 13.7 Å². The molecule has 0 unspecified atom stereocenters. The molecule has 2 N–H and O–H groups in total. The summed E-state index contributed by atoms with van der Waals surface area (Å²) >= 11 is 11.2. The molecule has 1 aliphatic rings. The van der Waals surface area contributed by atoms with E-state index in [4.69, 9.17) is 34.3 Å². The Hall–Kier alpha value is -1.47. The summed E-state index contributed by atoms with van der Waals surface area (Å²) in [7, 11) is -2.15. The first kappa shape index (κ1) is 20.3. The van der Waals surface area contributed by atoms with E-state index in [1.807, 2.05) is 24.3 Å². The molecule has 0 spiro atoms. The number of benzene rings is 2. The van der Waals surface area contributed by atoms with Gasteiger partial charge in [-0.15, -0.1) is 0 Å². The van der Waals surface area contributed by atoms with Crippen LogP contribution in [0.3, 0.4) is 0 Å². The molecule has 1 fully saturated rings. The topological polar surface area (TPSA) is 69.4 Å². The lowest BCUT2D eigenvalue weighted by atomic mass is 9.98. The van der Waals surface area contributed by atoms with Crippen molar-refractivity contribution < 1.29 is 13.2 Å². The Morgan fingerprint density at radius 3 is 2.26 bits per heavy atom. The van der Waals surface area contributed by atoms with Crippen LogP contribution in [-0.4, -0.2) is 32.4 Å². The fourth-order valence-electron chi connectivity index (χ4n) is 3.84. The van der Waals surface area contributed by atoms with E-state index < -0.39 is 20.5 Å². The van der Waals surface area contributed by atoms with E-state index in [1.165, 1.54) is 24.8 Å². The van der Waals surface area contributed by atoms with Crippen molar-refractivity contribution in [3.05, 3.63) is 64.7 Å². The first-order valence-electron chi connectivity index (χ1n) is 8.66. The summed E-state index contributed by atoms with van der Waals surface area (Å²) in [6, 6.07) is 14.1. The third-order valence-corrected chi connectivity index (χ3v) is 8.24. The lowest BCUT2D eigenvalue weighted by molar-refractivity contribution is 0.166. The summed E-state index contributed by atoms with van der Waals surface area (Å²) in [4.78, 5) is 0.373. The molecule has 1 saturated carbocycles. The molecule has 4 nitrogen and oxygen atoms in total. The van der Waals surface area contributed by atoms with Crippen molar-refractivity contribution in [2.45, 2.75) is 29.4 Å². The highest BCUT2D eigenvalue weighted by molar-refractivity contribution is 7.92. The van der Waals surface area contributed by atoms with Gasteiger partial charge in [0.05, 0.1) is 27.2 Å². The zero-order valence-corrected chi connectivity index (χ0v) is 17.6. The average molecular weight is 424 g/mol. The molecule has 27 heavy (non-hydrogen) atoms. The van der Waals surface area contributed by atoms with Gasteiger partial charge in [-0.05, 0) is 41.8 Å². The van der Waals surface area contributed by atoms with E-state index in [-0.39, 0.29) is 22.4 Å². The Labute approximate surface area is 170 Å². The largest absolute Gasteiger partial charge is 0.393 e. The van der Waals surface area contributed by atoms with Crippen LogP contribution in [0.25, 0.3) is 0 Å². The van der Waals surface area contributed by atoms with Gasteiger partial charge >= 0.3 is 0 Å². The monoisotopic (exact) mass is 423 g/mol. The predicted molar refractivity (Wildman–Crippen MR) is 112 cm³/mol. The highest BCUT2D eigenvalue weighted by Gasteiger charge is 2.73. The van der Waals surface area contributed by atoms with E-state index in [0.717, 1.165) is 12.0 Å². The molecule has 0 saturated heterocycles. The van der Waals surface area contributed by atoms with Crippen LogP contribution in [0.2, 0.25) is 5.02 Å². The second kappa shape index (κ2) is 7.51. The second-order valence-electron chi connectivity index (χ2n) is 6.83. The van der Waals surface area contributed by atoms with Crippen LogP contribution in [-0.2, 0) is 21.0 Å². The number of halogens is 1. The highest BCUT2D eigenvalue weighted by Crippen LogP contribution is 2.64. The zero-order chi connectivity index (χ0) is 19.8. The van der Waals surface area contributed by atoms with Gasteiger partial charge in [0.2, 0.25) is 0 Å². The number of aryl methyl sites for hydroxylation is 1. The summed E-state index contributed by atoms with van der Waals surface area (Å²) in [5, 5.41) is -0.287. The normalized spacial score (nSPS) is 24.6. The molecule has 0 amide bonds. The van der Waals surface area contributed by atoms with Gasteiger partial charge in [-0.25, -0.2) is 8.42 Å². The molecule has 0 aliphatic heterocycles. The SMILES string of the molecule is CCc1ccc([C@@H]2[C@H](S(=O)(=O)c3ccc(Cl)cc3)[C@]2(COC)C(N)=S)cc1. The van der Waals surface area contributed by atoms with Crippen molar-refractivity contribution in [3.63, 3.8) is 0 Å². The standard InChI is InChI=1S/C20H22ClNO3S2/c1-3-13-4-6-14(7-5-13)17-18(20(17,12-25-2)19(22)26)27(23,24)16-10-8-15(21)9-11-16/h4-11,17-18H,3,12H2,1-2H3,(H2,22,26)/t17-,18+,20-/m1/s1. The molecular weight excluding hydrogens is 402 g/mol. The molecule has 144 valence electrons. The van der Waals surface area contributed by atoms with E-state index in [2.05, 4.69) is 6.92 Å². The third kappa shape index (κ3) is 3.40. The van der Waals surface area contributed by atoms with Gasteiger partial charge in [0.25, 0.3) is 0 Å². The predicted octanol–water partition coefficient (Wildman–Crippen LogP) is 3.76. The molecule has 7 heteroatoms. The number of nitrogens with two attached hydrogens (primary N) is 1. The number of sulfone groups is 1. The van der Waals surface area contributed by atoms with Crippen molar-refractivity contribution >= 4 is 38.6 Å². The number of ether oxygens (including phenoxy) is 1. The Bertz CT molecular complexity index is 942. The zero-order valence-electron chi connectivity index (χ0n) is 15.2. The van der Waals surface area contributed by atoms with Crippen LogP contribution in [0.15, 0.2) is 53.4 Å². The van der Waals surface area contributed by atoms with Gasteiger partial charge in [0.15, 0.2) is 9.84 Å². The Balaban J connectivity index is 2.09. The number of methoxy groups -OCH3 is 1. The number of rotatable bonds is 7. The molecule has 1 aliphatic carbocycles. The van der Waals surface area contributed by atoms with Crippen LogP contribution in [0.1, 0.15) is 24.0 Å². The summed E-state index contributed by atoms with van der Waals surface area (Å²) in [6.45, 7) is 2.23. The van der Waals surface area contributed by atoms with Gasteiger partial charge in [-0.2, -0.15) is 0 Å². The van der Waals surface area contributed by atoms with Gasteiger partial charge < -0.3 is 10.5 Å². The Morgan fingerprint density at radius 1 is 1.19 bits per heavy atom. The lowest BCUT2D eigenvalue weighted by Crippen LogP contribution is -2.33. The molecule has 0 heterocycles. The molecule has 3 atom stereocenters. The van der Waals surface area contributed by atoms with Crippen LogP contribution < -0.4 is 5.73 Å². The first-order valence-corrected chi connectivity index (χ1v) is 11.0. The van der Waals surface area contributed by atoms with E-state index in [1.54, 1.807) is 12.1 Å². The maximum atomic E-state index is 13.4. The van der Waals surface area contributed by atoms with E-state index in [0.29, 0.717) is 5.02 Å². The smallest absolute Gasteiger partial charge is 0.182 e. The fraction of sp³-hybridized carbons (Fsp3) is 0.350. The molecular formula is C20H22ClNO3S2. The number of thiocarbonyl (C=S) groups is 1. The lowest BCUT2D eigenvalue weighted by Gasteiger charge is -2.16. The van der Waals surface area contributed by atoms with Crippen molar-refractivity contribution in [3.8, 4) is 0 Å². The molecule has 0 radical (unpaired) electrons.